The number of halogens is 4. The Hall–Kier alpha value is -3.76. The summed E-state index contributed by atoms with van der Waals surface area (Å²) in [6.45, 7) is 6.01. The zero-order chi connectivity index (χ0) is 23.9. The number of hydrogen-bond acceptors (Lipinski definition) is 4. The highest BCUT2D eigenvalue weighted by Crippen LogP contribution is 2.26. The second kappa shape index (κ2) is 8.64. The van der Waals surface area contributed by atoms with Crippen LogP contribution in [0, 0.1) is 20.8 Å². The van der Waals surface area contributed by atoms with Gasteiger partial charge in [-0.3, -0.25) is 9.48 Å². The Labute approximate surface area is 186 Å². The van der Waals surface area contributed by atoms with E-state index in [1.54, 1.807) is 18.5 Å². The summed E-state index contributed by atoms with van der Waals surface area (Å²) in [5.41, 5.74) is 1.79. The Balaban J connectivity index is 1.62. The summed E-state index contributed by atoms with van der Waals surface area (Å²) in [7, 11) is 0. The Morgan fingerprint density at radius 2 is 1.70 bits per heavy atom. The van der Waals surface area contributed by atoms with Gasteiger partial charge in [-0.05, 0) is 32.4 Å². The third kappa shape index (κ3) is 4.43. The van der Waals surface area contributed by atoms with Gasteiger partial charge in [0, 0.05) is 6.07 Å². The van der Waals surface area contributed by atoms with Crippen molar-refractivity contribution in [1.82, 2.24) is 24.4 Å². The fourth-order valence-corrected chi connectivity index (χ4v) is 3.47. The maximum absolute atomic E-state index is 13.4. The highest BCUT2D eigenvalue weighted by Gasteiger charge is 2.23. The summed E-state index contributed by atoms with van der Waals surface area (Å²) in [5.74, 6) is -0.694. The Kier molecular flexibility index (Phi) is 5.88. The van der Waals surface area contributed by atoms with Gasteiger partial charge in [0.05, 0.1) is 23.6 Å². The molecule has 0 bridgehead atoms. The third-order valence-corrected chi connectivity index (χ3v) is 5.23. The number of nitrogens with zero attached hydrogens (tertiary/aromatic N) is 5. The lowest BCUT2D eigenvalue weighted by Gasteiger charge is -2.07. The molecule has 7 nitrogen and oxygen atoms in total. The van der Waals surface area contributed by atoms with Gasteiger partial charge in [-0.15, -0.1) is 0 Å². The first-order chi connectivity index (χ1) is 15.6. The van der Waals surface area contributed by atoms with E-state index in [1.807, 2.05) is 31.2 Å². The molecule has 4 rings (SSSR count). The molecule has 11 heteroatoms. The van der Waals surface area contributed by atoms with E-state index in [2.05, 4.69) is 20.5 Å². The van der Waals surface area contributed by atoms with Gasteiger partial charge in [-0.1, -0.05) is 29.8 Å². The van der Waals surface area contributed by atoms with E-state index >= 15 is 0 Å². The van der Waals surface area contributed by atoms with E-state index in [-0.39, 0.29) is 11.3 Å². The SMILES string of the molecule is Cc1ccc(Cn2nc(C)c(NC(=O)c3cc4nc(C(F)F)cc(C(F)F)n4n3)c2C)cc1. The first-order valence-corrected chi connectivity index (χ1v) is 10.0. The third-order valence-electron chi connectivity index (χ3n) is 5.23. The molecular formula is C22H20F4N6O. The summed E-state index contributed by atoms with van der Waals surface area (Å²) in [6, 6.07) is 9.64. The molecule has 0 fully saturated rings. The number of carbonyl (C=O) groups is 1. The molecule has 1 aromatic carbocycles. The summed E-state index contributed by atoms with van der Waals surface area (Å²) >= 11 is 0. The number of carbonyl (C=O) groups excluding carboxylic acids is 1. The highest BCUT2D eigenvalue weighted by atomic mass is 19.3. The van der Waals surface area contributed by atoms with Crippen LogP contribution in [0.3, 0.4) is 0 Å². The molecule has 0 aliphatic rings. The molecule has 0 saturated carbocycles. The lowest BCUT2D eigenvalue weighted by Crippen LogP contribution is -2.14. The van der Waals surface area contributed by atoms with E-state index in [0.29, 0.717) is 34.2 Å². The summed E-state index contributed by atoms with van der Waals surface area (Å²) in [6.07, 6.45) is -6.11. The predicted molar refractivity (Wildman–Crippen MR) is 113 cm³/mol. The highest BCUT2D eigenvalue weighted by molar-refractivity contribution is 6.04. The Morgan fingerprint density at radius 1 is 1.00 bits per heavy atom. The fourth-order valence-electron chi connectivity index (χ4n) is 3.47. The zero-order valence-electron chi connectivity index (χ0n) is 18.0. The van der Waals surface area contributed by atoms with Crippen LogP contribution in [0.2, 0.25) is 0 Å². The topological polar surface area (TPSA) is 77.1 Å². The van der Waals surface area contributed by atoms with Gasteiger partial charge >= 0.3 is 0 Å². The summed E-state index contributed by atoms with van der Waals surface area (Å²) in [4.78, 5) is 16.4. The van der Waals surface area contributed by atoms with Crippen LogP contribution >= 0.6 is 0 Å². The fraction of sp³-hybridized carbons (Fsp3) is 0.273. The number of rotatable bonds is 6. The van der Waals surface area contributed by atoms with Gasteiger partial charge in [0.1, 0.15) is 11.4 Å². The monoisotopic (exact) mass is 460 g/mol. The number of anilines is 1. The first-order valence-electron chi connectivity index (χ1n) is 10.0. The van der Waals surface area contributed by atoms with E-state index in [4.69, 9.17) is 0 Å². The number of aryl methyl sites for hydroxylation is 2. The Bertz CT molecular complexity index is 1330. The Morgan fingerprint density at radius 3 is 2.33 bits per heavy atom. The number of hydrogen-bond donors (Lipinski definition) is 1. The average Bonchev–Trinajstić information content (AvgIpc) is 3.31. The largest absolute Gasteiger partial charge is 0.317 e. The maximum Gasteiger partial charge on any atom is 0.280 e. The van der Waals surface area contributed by atoms with Crippen molar-refractivity contribution in [1.29, 1.82) is 0 Å². The number of aromatic nitrogens is 5. The summed E-state index contributed by atoms with van der Waals surface area (Å²) < 4.78 is 55.2. The van der Waals surface area contributed by atoms with Gasteiger partial charge in [-0.25, -0.2) is 27.1 Å². The normalized spacial score (nSPS) is 11.7. The van der Waals surface area contributed by atoms with Crippen LogP contribution in [0.1, 0.15) is 57.2 Å². The van der Waals surface area contributed by atoms with Crippen molar-refractivity contribution in [3.8, 4) is 0 Å². The van der Waals surface area contributed by atoms with Crippen molar-refractivity contribution < 1.29 is 22.4 Å². The van der Waals surface area contributed by atoms with Crippen LogP contribution in [0.5, 0.6) is 0 Å². The second-order valence-electron chi connectivity index (χ2n) is 7.65. The standard InChI is InChI=1S/C22H20F4N6O/c1-11-4-6-14(7-5-11)10-31-13(3)19(12(2)29-31)28-22(33)16-9-18-27-15(20(23)24)8-17(21(25)26)32(18)30-16/h4-9,20-21H,10H2,1-3H3,(H,28,33). The van der Waals surface area contributed by atoms with E-state index < -0.39 is 30.1 Å². The van der Waals surface area contributed by atoms with Crippen LogP contribution < -0.4 is 5.32 Å². The minimum atomic E-state index is -3.08. The molecule has 0 aliphatic carbocycles. The van der Waals surface area contributed by atoms with E-state index in [1.165, 1.54) is 0 Å². The van der Waals surface area contributed by atoms with Gasteiger partial charge in [-0.2, -0.15) is 10.2 Å². The molecule has 1 N–H and O–H groups in total. The molecule has 0 spiro atoms. The van der Waals surface area contributed by atoms with Crippen molar-refractivity contribution >= 4 is 17.2 Å². The first kappa shape index (κ1) is 22.4. The zero-order valence-corrected chi connectivity index (χ0v) is 18.0. The van der Waals surface area contributed by atoms with Crippen LogP contribution in [-0.2, 0) is 6.54 Å². The van der Waals surface area contributed by atoms with Crippen LogP contribution in [0.15, 0.2) is 36.4 Å². The number of nitrogens with one attached hydrogen (secondary N) is 1. The quantitative estimate of drug-likeness (QED) is 0.410. The average molecular weight is 460 g/mol. The van der Waals surface area contributed by atoms with Crippen molar-refractivity contribution in [2.45, 2.75) is 40.2 Å². The molecule has 172 valence electrons. The van der Waals surface area contributed by atoms with E-state index in [9.17, 15) is 22.4 Å². The lowest BCUT2D eigenvalue weighted by molar-refractivity contribution is 0.102. The maximum atomic E-state index is 13.4. The molecule has 0 aliphatic heterocycles. The summed E-state index contributed by atoms with van der Waals surface area (Å²) in [5, 5.41) is 11.0. The smallest absolute Gasteiger partial charge is 0.280 e. The van der Waals surface area contributed by atoms with Gasteiger partial charge < -0.3 is 5.32 Å². The minimum absolute atomic E-state index is 0.235. The molecule has 4 aromatic rings. The number of benzene rings is 1. The van der Waals surface area contributed by atoms with Crippen LogP contribution in [0.25, 0.3) is 5.65 Å². The van der Waals surface area contributed by atoms with Crippen molar-refractivity contribution in [3.05, 3.63) is 76.0 Å². The molecule has 1 amide bonds. The van der Waals surface area contributed by atoms with Gasteiger partial charge in [0.2, 0.25) is 0 Å². The van der Waals surface area contributed by atoms with Crippen LogP contribution in [-0.4, -0.2) is 30.3 Å². The molecule has 3 aromatic heterocycles. The predicted octanol–water partition coefficient (Wildman–Crippen LogP) is 5.03. The molecule has 0 radical (unpaired) electrons. The number of amides is 1. The van der Waals surface area contributed by atoms with Crippen LogP contribution in [0.4, 0.5) is 23.2 Å². The van der Waals surface area contributed by atoms with Crippen molar-refractivity contribution in [3.63, 3.8) is 0 Å². The molecule has 33 heavy (non-hydrogen) atoms. The molecule has 0 unspecified atom stereocenters. The van der Waals surface area contributed by atoms with E-state index in [0.717, 1.165) is 17.2 Å². The van der Waals surface area contributed by atoms with Gasteiger partial charge in [0.15, 0.2) is 11.3 Å². The molecule has 0 saturated heterocycles. The minimum Gasteiger partial charge on any atom is -0.317 e. The molecule has 0 atom stereocenters. The second-order valence-corrected chi connectivity index (χ2v) is 7.65. The van der Waals surface area contributed by atoms with Crippen molar-refractivity contribution in [2.75, 3.05) is 5.32 Å². The lowest BCUT2D eigenvalue weighted by atomic mass is 10.1. The molecular weight excluding hydrogens is 440 g/mol. The molecule has 3 heterocycles. The van der Waals surface area contributed by atoms with Crippen molar-refractivity contribution in [2.24, 2.45) is 0 Å². The van der Waals surface area contributed by atoms with Gasteiger partial charge in [0.25, 0.3) is 18.8 Å². The number of fused-ring (bicyclic) bond motifs is 1. The number of alkyl halides is 4.